The highest BCUT2D eigenvalue weighted by Crippen LogP contribution is 2.31. The number of esters is 1. The SMILES string of the molecule is CCOC(=O)CNc1c(-c2ccc(N(C)C)cc2)nc2c(C(=O)NC(CC(=O)O)c3cccc(C)c3)cccn12. The third-order valence-electron chi connectivity index (χ3n) is 6.39. The molecule has 0 aliphatic rings. The lowest BCUT2D eigenvalue weighted by Crippen LogP contribution is -2.30. The zero-order chi connectivity index (χ0) is 28.8. The van der Waals surface area contributed by atoms with Crippen molar-refractivity contribution < 1.29 is 24.2 Å². The topological polar surface area (TPSA) is 125 Å². The Morgan fingerprint density at radius 2 is 1.82 bits per heavy atom. The standard InChI is InChI=1S/C30H33N5O5/c1-5-40-26(38)18-31-29-27(20-11-13-22(14-12-20)34(3)4)33-28-23(10-7-15-35(28)29)30(39)32-24(17-25(36)37)21-9-6-8-19(2)16-21/h6-16,24,31H,5,17-18H2,1-4H3,(H,32,39)(H,36,37). The van der Waals surface area contributed by atoms with Crippen molar-refractivity contribution in [2.45, 2.75) is 26.3 Å². The second-order valence-corrected chi connectivity index (χ2v) is 9.56. The summed E-state index contributed by atoms with van der Waals surface area (Å²) in [7, 11) is 3.90. The minimum Gasteiger partial charge on any atom is -0.481 e. The van der Waals surface area contributed by atoms with Crippen LogP contribution in [0.2, 0.25) is 0 Å². The molecule has 40 heavy (non-hydrogen) atoms. The number of carboxylic acid groups (broad SMARTS) is 1. The third-order valence-corrected chi connectivity index (χ3v) is 6.39. The van der Waals surface area contributed by atoms with Gasteiger partial charge in [0.1, 0.15) is 18.1 Å². The van der Waals surface area contributed by atoms with Crippen LogP contribution in [-0.4, -0.2) is 59.6 Å². The van der Waals surface area contributed by atoms with Crippen molar-refractivity contribution in [2.24, 2.45) is 0 Å². The van der Waals surface area contributed by atoms with E-state index in [1.165, 1.54) is 0 Å². The predicted octanol–water partition coefficient (Wildman–Crippen LogP) is 4.30. The summed E-state index contributed by atoms with van der Waals surface area (Å²) in [5.74, 6) is -1.39. The number of ether oxygens (including phenoxy) is 1. The second-order valence-electron chi connectivity index (χ2n) is 9.56. The normalized spacial score (nSPS) is 11.6. The molecule has 2 aromatic carbocycles. The van der Waals surface area contributed by atoms with E-state index in [4.69, 9.17) is 9.72 Å². The first kappa shape index (κ1) is 28.2. The van der Waals surface area contributed by atoms with Gasteiger partial charge in [-0.05, 0) is 43.7 Å². The van der Waals surface area contributed by atoms with Gasteiger partial charge in [0.05, 0.1) is 24.6 Å². The van der Waals surface area contributed by atoms with Crippen LogP contribution in [0.1, 0.15) is 40.9 Å². The summed E-state index contributed by atoms with van der Waals surface area (Å²) in [6.07, 6.45) is 1.47. The lowest BCUT2D eigenvalue weighted by Gasteiger charge is -2.18. The number of anilines is 2. The summed E-state index contributed by atoms with van der Waals surface area (Å²) in [6.45, 7) is 3.82. The molecular formula is C30H33N5O5. The maximum Gasteiger partial charge on any atom is 0.325 e. The molecule has 0 saturated carbocycles. The van der Waals surface area contributed by atoms with Gasteiger partial charge in [-0.2, -0.15) is 0 Å². The number of hydrogen-bond donors (Lipinski definition) is 3. The molecule has 1 atom stereocenters. The van der Waals surface area contributed by atoms with E-state index >= 15 is 0 Å². The molecule has 2 heterocycles. The average Bonchev–Trinajstić information content (AvgIpc) is 3.30. The van der Waals surface area contributed by atoms with Gasteiger partial charge in [-0.25, -0.2) is 4.98 Å². The molecule has 0 saturated heterocycles. The maximum atomic E-state index is 13.6. The van der Waals surface area contributed by atoms with Crippen LogP contribution in [0, 0.1) is 6.92 Å². The van der Waals surface area contributed by atoms with Crippen molar-refractivity contribution >= 4 is 35.0 Å². The Bertz CT molecular complexity index is 1530. The number of aliphatic carboxylic acids is 1. The number of imidazole rings is 1. The number of carbonyl (C=O) groups excluding carboxylic acids is 2. The quantitative estimate of drug-likeness (QED) is 0.239. The van der Waals surface area contributed by atoms with E-state index in [1.807, 2.05) is 68.4 Å². The van der Waals surface area contributed by atoms with Gasteiger partial charge in [0.2, 0.25) is 0 Å². The Hall–Kier alpha value is -4.86. The van der Waals surface area contributed by atoms with Gasteiger partial charge in [-0.15, -0.1) is 0 Å². The van der Waals surface area contributed by atoms with Crippen LogP contribution < -0.4 is 15.5 Å². The van der Waals surface area contributed by atoms with E-state index < -0.39 is 23.9 Å². The number of amides is 1. The zero-order valence-electron chi connectivity index (χ0n) is 23.0. The summed E-state index contributed by atoms with van der Waals surface area (Å²) in [4.78, 5) is 44.2. The molecule has 3 N–H and O–H groups in total. The number of nitrogens with one attached hydrogen (secondary N) is 2. The number of carboxylic acids is 1. The molecule has 10 heteroatoms. The molecule has 2 aromatic heterocycles. The van der Waals surface area contributed by atoms with E-state index in [0.29, 0.717) is 22.7 Å². The largest absolute Gasteiger partial charge is 0.481 e. The third kappa shape index (κ3) is 6.40. The number of carbonyl (C=O) groups is 3. The van der Waals surface area contributed by atoms with Gasteiger partial charge in [-0.1, -0.05) is 42.0 Å². The van der Waals surface area contributed by atoms with Gasteiger partial charge in [-0.3, -0.25) is 18.8 Å². The van der Waals surface area contributed by atoms with Crippen LogP contribution in [0.25, 0.3) is 16.9 Å². The summed E-state index contributed by atoms with van der Waals surface area (Å²) < 4.78 is 6.79. The lowest BCUT2D eigenvalue weighted by atomic mass is 10.0. The number of fused-ring (bicyclic) bond motifs is 1. The number of rotatable bonds is 11. The van der Waals surface area contributed by atoms with Gasteiger partial charge in [0.25, 0.3) is 5.91 Å². The Morgan fingerprint density at radius 3 is 2.48 bits per heavy atom. The van der Waals surface area contributed by atoms with E-state index in [-0.39, 0.29) is 25.1 Å². The van der Waals surface area contributed by atoms with Gasteiger partial charge >= 0.3 is 11.9 Å². The van der Waals surface area contributed by atoms with Crippen molar-refractivity contribution in [3.8, 4) is 11.3 Å². The first-order valence-electron chi connectivity index (χ1n) is 13.0. The first-order valence-corrected chi connectivity index (χ1v) is 13.0. The first-order chi connectivity index (χ1) is 19.2. The van der Waals surface area contributed by atoms with Crippen molar-refractivity contribution in [1.29, 1.82) is 0 Å². The Balaban J connectivity index is 1.76. The van der Waals surface area contributed by atoms with E-state index in [1.54, 1.807) is 35.7 Å². The predicted molar refractivity (Wildman–Crippen MR) is 154 cm³/mol. The molecule has 1 amide bonds. The molecule has 208 valence electrons. The molecule has 0 fully saturated rings. The van der Waals surface area contributed by atoms with Crippen molar-refractivity contribution in [2.75, 3.05) is 37.5 Å². The number of aromatic nitrogens is 2. The molecule has 4 rings (SSSR count). The van der Waals surface area contributed by atoms with Crippen LogP contribution in [0.3, 0.4) is 0 Å². The summed E-state index contributed by atoms with van der Waals surface area (Å²) >= 11 is 0. The summed E-state index contributed by atoms with van der Waals surface area (Å²) in [6, 6.07) is 17.8. The molecule has 0 radical (unpaired) electrons. The maximum absolute atomic E-state index is 13.6. The van der Waals surface area contributed by atoms with E-state index in [2.05, 4.69) is 10.6 Å². The fraction of sp³-hybridized carbons (Fsp3) is 0.267. The highest BCUT2D eigenvalue weighted by molar-refractivity contribution is 6.01. The fourth-order valence-corrected chi connectivity index (χ4v) is 4.45. The molecule has 0 aliphatic heterocycles. The lowest BCUT2D eigenvalue weighted by molar-refractivity contribution is -0.141. The highest BCUT2D eigenvalue weighted by Gasteiger charge is 2.24. The molecule has 0 bridgehead atoms. The van der Waals surface area contributed by atoms with Crippen LogP contribution in [0.4, 0.5) is 11.5 Å². The Morgan fingerprint density at radius 1 is 1.07 bits per heavy atom. The molecule has 0 aliphatic carbocycles. The Labute approximate surface area is 232 Å². The van der Waals surface area contributed by atoms with Crippen LogP contribution >= 0.6 is 0 Å². The number of pyridine rings is 1. The zero-order valence-corrected chi connectivity index (χ0v) is 23.0. The van der Waals surface area contributed by atoms with Crippen molar-refractivity contribution in [3.05, 3.63) is 83.6 Å². The number of benzene rings is 2. The highest BCUT2D eigenvalue weighted by atomic mass is 16.5. The summed E-state index contributed by atoms with van der Waals surface area (Å²) in [5, 5.41) is 15.5. The molecule has 1 unspecified atom stereocenters. The fourth-order valence-electron chi connectivity index (χ4n) is 4.45. The van der Waals surface area contributed by atoms with E-state index in [9.17, 15) is 19.5 Å². The summed E-state index contributed by atoms with van der Waals surface area (Å²) in [5.41, 5.74) is 4.63. The molecule has 0 spiro atoms. The minimum atomic E-state index is -1.03. The van der Waals surface area contributed by atoms with Crippen LogP contribution in [0.5, 0.6) is 0 Å². The van der Waals surface area contributed by atoms with Crippen LogP contribution in [-0.2, 0) is 14.3 Å². The van der Waals surface area contributed by atoms with Crippen molar-refractivity contribution in [3.63, 3.8) is 0 Å². The molecule has 4 aromatic rings. The van der Waals surface area contributed by atoms with E-state index in [0.717, 1.165) is 16.8 Å². The minimum absolute atomic E-state index is 0.0884. The average molecular weight is 544 g/mol. The number of hydrogen-bond acceptors (Lipinski definition) is 7. The van der Waals surface area contributed by atoms with Crippen LogP contribution in [0.15, 0.2) is 66.9 Å². The van der Waals surface area contributed by atoms with Gasteiger partial charge in [0, 0.05) is 31.5 Å². The second kappa shape index (κ2) is 12.3. The van der Waals surface area contributed by atoms with Crippen molar-refractivity contribution in [1.82, 2.24) is 14.7 Å². The smallest absolute Gasteiger partial charge is 0.325 e. The molecular weight excluding hydrogens is 510 g/mol. The number of nitrogens with zero attached hydrogens (tertiary/aromatic N) is 3. The molecule has 10 nitrogen and oxygen atoms in total. The Kier molecular flexibility index (Phi) is 8.68. The monoisotopic (exact) mass is 543 g/mol. The van der Waals surface area contributed by atoms with Gasteiger partial charge < -0.3 is 25.4 Å². The van der Waals surface area contributed by atoms with Gasteiger partial charge in [0.15, 0.2) is 5.65 Å². The number of aryl methyl sites for hydroxylation is 1.